The maximum Gasteiger partial charge on any atom is 0.251 e. The van der Waals surface area contributed by atoms with E-state index in [4.69, 9.17) is 4.74 Å². The van der Waals surface area contributed by atoms with Crippen LogP contribution in [0.25, 0.3) is 22.4 Å². The monoisotopic (exact) mass is 597 g/mol. The number of carbonyl (C=O) groups excluding carboxylic acids is 1. The summed E-state index contributed by atoms with van der Waals surface area (Å²) in [5.74, 6) is 5.94. The van der Waals surface area contributed by atoms with Crippen molar-refractivity contribution in [1.29, 1.82) is 0 Å². The topological polar surface area (TPSA) is 100 Å². The standard InChI is InChI=1S/C34H35N3O5S/c1-34(43(3,40)41,33(39)31-6-4-5-23-42-31)19-22-37-21-18-29(24-32(37)38)27-13-9-25(10-14-27)7-8-26-11-15-28(16-12-26)30-17-20-35-36(30)2/h9-18,20-21,24,31H,4-6,19,22-23H2,1-3H3. The van der Waals surface area contributed by atoms with Gasteiger partial charge in [-0.15, -0.1) is 0 Å². The summed E-state index contributed by atoms with van der Waals surface area (Å²) in [4.78, 5) is 26.2. The van der Waals surface area contributed by atoms with Gasteiger partial charge in [0.1, 0.15) is 10.9 Å². The van der Waals surface area contributed by atoms with E-state index >= 15 is 0 Å². The molecule has 4 aromatic rings. The average Bonchev–Trinajstić information content (AvgIpc) is 3.45. The summed E-state index contributed by atoms with van der Waals surface area (Å²) in [6.07, 6.45) is 5.96. The summed E-state index contributed by atoms with van der Waals surface area (Å²) in [5.41, 5.74) is 5.19. The fourth-order valence-corrected chi connectivity index (χ4v) is 6.22. The molecule has 0 N–H and O–H groups in total. The fourth-order valence-electron chi connectivity index (χ4n) is 5.26. The lowest BCUT2D eigenvalue weighted by Crippen LogP contribution is -2.50. The first-order valence-electron chi connectivity index (χ1n) is 14.3. The molecule has 1 aliphatic heterocycles. The van der Waals surface area contributed by atoms with E-state index in [0.29, 0.717) is 13.0 Å². The van der Waals surface area contributed by atoms with Crippen molar-refractivity contribution in [2.45, 2.75) is 50.0 Å². The van der Waals surface area contributed by atoms with Crippen molar-refractivity contribution in [3.8, 4) is 34.2 Å². The highest BCUT2D eigenvalue weighted by Crippen LogP contribution is 2.29. The van der Waals surface area contributed by atoms with Crippen molar-refractivity contribution in [2.24, 2.45) is 7.05 Å². The van der Waals surface area contributed by atoms with Gasteiger partial charge in [-0.2, -0.15) is 5.10 Å². The Bertz CT molecular complexity index is 1840. The quantitative estimate of drug-likeness (QED) is 0.274. The first-order valence-corrected chi connectivity index (χ1v) is 16.2. The number of carbonyl (C=O) groups is 1. The third kappa shape index (κ3) is 6.71. The molecule has 2 unspecified atom stereocenters. The molecule has 0 saturated carbocycles. The number of ketones is 1. The summed E-state index contributed by atoms with van der Waals surface area (Å²) < 4.78 is 32.7. The van der Waals surface area contributed by atoms with Crippen LogP contribution in [0.3, 0.4) is 0 Å². The molecule has 2 atom stereocenters. The molecule has 9 heteroatoms. The Labute approximate surface area is 252 Å². The lowest BCUT2D eigenvalue weighted by molar-refractivity contribution is -0.135. The molecule has 0 amide bonds. The van der Waals surface area contributed by atoms with Gasteiger partial charge >= 0.3 is 0 Å². The second-order valence-electron chi connectivity index (χ2n) is 11.2. The Morgan fingerprint density at radius 1 is 0.977 bits per heavy atom. The molecule has 8 nitrogen and oxygen atoms in total. The van der Waals surface area contributed by atoms with E-state index in [2.05, 4.69) is 16.9 Å². The molecule has 3 heterocycles. The van der Waals surface area contributed by atoms with Gasteiger partial charge in [0.25, 0.3) is 5.56 Å². The predicted molar refractivity (Wildman–Crippen MR) is 167 cm³/mol. The molecule has 2 aromatic heterocycles. The lowest BCUT2D eigenvalue weighted by atomic mass is 9.93. The van der Waals surface area contributed by atoms with Gasteiger partial charge in [-0.25, -0.2) is 8.42 Å². The van der Waals surface area contributed by atoms with Crippen molar-refractivity contribution in [3.63, 3.8) is 0 Å². The molecule has 222 valence electrons. The fraction of sp³-hybridized carbons (Fsp3) is 0.324. The number of rotatable bonds is 8. The molecule has 0 radical (unpaired) electrons. The van der Waals surface area contributed by atoms with Gasteiger partial charge in [-0.3, -0.25) is 14.3 Å². The maximum absolute atomic E-state index is 13.2. The second kappa shape index (κ2) is 12.5. The molecular weight excluding hydrogens is 562 g/mol. The summed E-state index contributed by atoms with van der Waals surface area (Å²) in [6.45, 7) is 1.99. The first kappa shape index (κ1) is 30.2. The summed E-state index contributed by atoms with van der Waals surface area (Å²) >= 11 is 0. The Morgan fingerprint density at radius 2 is 1.63 bits per heavy atom. The maximum atomic E-state index is 13.2. The number of aryl methyl sites for hydroxylation is 2. The molecule has 0 bridgehead atoms. The first-order chi connectivity index (χ1) is 20.5. The predicted octanol–water partition coefficient (Wildman–Crippen LogP) is 4.65. The molecule has 1 aliphatic rings. The van der Waals surface area contributed by atoms with Crippen LogP contribution in [0.4, 0.5) is 0 Å². The van der Waals surface area contributed by atoms with Crippen LogP contribution in [0.2, 0.25) is 0 Å². The van der Waals surface area contributed by atoms with E-state index in [-0.39, 0.29) is 18.5 Å². The Kier molecular flexibility index (Phi) is 8.81. The minimum atomic E-state index is -3.75. The van der Waals surface area contributed by atoms with Crippen molar-refractivity contribution < 1.29 is 17.9 Å². The van der Waals surface area contributed by atoms with E-state index in [1.165, 1.54) is 17.6 Å². The van der Waals surface area contributed by atoms with Crippen LogP contribution in [0.5, 0.6) is 0 Å². The van der Waals surface area contributed by atoms with Crippen LogP contribution in [0, 0.1) is 11.8 Å². The highest BCUT2D eigenvalue weighted by atomic mass is 32.2. The van der Waals surface area contributed by atoms with Crippen LogP contribution in [0.15, 0.2) is 83.9 Å². The van der Waals surface area contributed by atoms with Gasteiger partial charge in [-0.05, 0) is 85.7 Å². The number of hydrogen-bond donors (Lipinski definition) is 0. The van der Waals surface area contributed by atoms with E-state index in [1.807, 2.05) is 72.4 Å². The zero-order chi connectivity index (χ0) is 30.6. The van der Waals surface area contributed by atoms with Gasteiger partial charge in [0.15, 0.2) is 15.6 Å². The lowest BCUT2D eigenvalue weighted by Gasteiger charge is -2.32. The highest BCUT2D eigenvalue weighted by Gasteiger charge is 2.46. The smallest absolute Gasteiger partial charge is 0.251 e. The van der Waals surface area contributed by atoms with E-state index in [0.717, 1.165) is 52.6 Å². The Hall–Kier alpha value is -4.26. The molecule has 1 fully saturated rings. The summed E-state index contributed by atoms with van der Waals surface area (Å²) in [7, 11) is -1.84. The van der Waals surface area contributed by atoms with Crippen molar-refractivity contribution in [3.05, 3.63) is 101 Å². The molecule has 0 spiro atoms. The highest BCUT2D eigenvalue weighted by molar-refractivity contribution is 7.92. The molecular formula is C34H35N3O5S. The minimum absolute atomic E-state index is 0.0107. The largest absolute Gasteiger partial charge is 0.370 e. The number of aromatic nitrogens is 3. The third-order valence-electron chi connectivity index (χ3n) is 8.21. The van der Waals surface area contributed by atoms with Gasteiger partial charge in [-0.1, -0.05) is 36.1 Å². The third-order valence-corrected chi connectivity index (χ3v) is 10.3. The minimum Gasteiger partial charge on any atom is -0.370 e. The van der Waals surface area contributed by atoms with Crippen molar-refractivity contribution in [1.82, 2.24) is 14.3 Å². The van der Waals surface area contributed by atoms with Crippen LogP contribution in [-0.2, 0) is 33.0 Å². The number of hydrogen-bond acceptors (Lipinski definition) is 6. The van der Waals surface area contributed by atoms with Crippen LogP contribution >= 0.6 is 0 Å². The molecule has 43 heavy (non-hydrogen) atoms. The number of nitrogens with zero attached hydrogens (tertiary/aromatic N) is 3. The number of ether oxygens (including phenoxy) is 1. The molecule has 5 rings (SSSR count). The second-order valence-corrected chi connectivity index (χ2v) is 13.6. The number of pyridine rings is 1. The molecule has 2 aromatic carbocycles. The van der Waals surface area contributed by atoms with Crippen molar-refractivity contribution >= 4 is 15.6 Å². The molecule has 0 aliphatic carbocycles. The van der Waals surface area contributed by atoms with Gasteiger partial charge in [0, 0.05) is 56.0 Å². The summed E-state index contributed by atoms with van der Waals surface area (Å²) in [5, 5.41) is 4.21. The van der Waals surface area contributed by atoms with E-state index < -0.39 is 26.5 Å². The Morgan fingerprint density at radius 3 is 2.16 bits per heavy atom. The number of Topliss-reactive ketones (excluding diaryl/α,β-unsaturated/α-hetero) is 1. The average molecular weight is 598 g/mol. The van der Waals surface area contributed by atoms with Gasteiger partial charge < -0.3 is 9.30 Å². The number of benzene rings is 2. The van der Waals surface area contributed by atoms with E-state index in [1.54, 1.807) is 12.4 Å². The normalized spacial score (nSPS) is 16.6. The van der Waals surface area contributed by atoms with Crippen LogP contribution < -0.4 is 5.56 Å². The zero-order valence-electron chi connectivity index (χ0n) is 24.6. The SMILES string of the molecule is Cn1nccc1-c1ccc(C#Cc2ccc(-c3ccn(CCC(C)(C(=O)C4CCCCO4)S(C)(=O)=O)c(=O)c3)cc2)cc1. The molecule has 1 saturated heterocycles. The van der Waals surface area contributed by atoms with Crippen LogP contribution in [0.1, 0.15) is 43.7 Å². The summed E-state index contributed by atoms with van der Waals surface area (Å²) in [6, 6.07) is 21.0. The van der Waals surface area contributed by atoms with Crippen LogP contribution in [-0.4, -0.2) is 52.3 Å². The van der Waals surface area contributed by atoms with Crippen molar-refractivity contribution in [2.75, 3.05) is 12.9 Å². The van der Waals surface area contributed by atoms with Gasteiger partial charge in [0.2, 0.25) is 0 Å². The van der Waals surface area contributed by atoms with E-state index in [9.17, 15) is 18.0 Å². The Balaban J connectivity index is 1.26. The van der Waals surface area contributed by atoms with Gasteiger partial charge in [0.05, 0.1) is 5.69 Å². The zero-order valence-corrected chi connectivity index (χ0v) is 25.4. The number of sulfone groups is 1.